The molecule has 0 aliphatic carbocycles. The highest BCUT2D eigenvalue weighted by atomic mass is 79.9. The molecule has 152 valence electrons. The summed E-state index contributed by atoms with van der Waals surface area (Å²) in [6, 6.07) is 5.66. The van der Waals surface area contributed by atoms with Crippen LogP contribution in [0.3, 0.4) is 0 Å². The molecule has 2 atom stereocenters. The number of hydrogen-bond acceptors (Lipinski definition) is 5. The second kappa shape index (κ2) is 9.86. The van der Waals surface area contributed by atoms with Crippen LogP contribution in [-0.2, 0) is 26.0 Å². The summed E-state index contributed by atoms with van der Waals surface area (Å²) in [4.78, 5) is 12.0. The summed E-state index contributed by atoms with van der Waals surface area (Å²) < 4.78 is 37.9. The zero-order valence-corrected chi connectivity index (χ0v) is 18.3. The number of hydrogen-bond donors (Lipinski definition) is 1. The first-order valence-corrected chi connectivity index (χ1v) is 11.3. The number of carbonyl (C=O) groups is 1. The van der Waals surface area contributed by atoms with E-state index in [-0.39, 0.29) is 30.4 Å². The van der Waals surface area contributed by atoms with E-state index < -0.39 is 10.0 Å². The molecule has 0 saturated carbocycles. The quantitative estimate of drug-likeness (QED) is 0.637. The van der Waals surface area contributed by atoms with Gasteiger partial charge in [0.2, 0.25) is 15.9 Å². The normalized spacial score (nSPS) is 21.0. The van der Waals surface area contributed by atoms with Crippen molar-refractivity contribution in [3.8, 4) is 5.75 Å². The van der Waals surface area contributed by atoms with Gasteiger partial charge >= 0.3 is 0 Å². The Kier molecular flexibility index (Phi) is 8.08. The molecule has 1 aliphatic heterocycles. The zero-order valence-electron chi connectivity index (χ0n) is 15.9. The third-order valence-electron chi connectivity index (χ3n) is 4.32. The molecule has 1 aromatic rings. The lowest BCUT2D eigenvalue weighted by Crippen LogP contribution is -2.49. The molecule has 1 fully saturated rings. The first-order chi connectivity index (χ1) is 12.7. The Morgan fingerprint density at radius 3 is 2.59 bits per heavy atom. The Balaban J connectivity index is 1.76. The Bertz CT molecular complexity index is 746. The van der Waals surface area contributed by atoms with Crippen molar-refractivity contribution in [1.29, 1.82) is 0 Å². The van der Waals surface area contributed by atoms with Gasteiger partial charge in [0.1, 0.15) is 5.75 Å². The Labute approximate surface area is 169 Å². The van der Waals surface area contributed by atoms with E-state index in [0.717, 1.165) is 15.8 Å². The molecule has 9 heteroatoms. The number of aryl methyl sites for hydroxylation is 1. The highest BCUT2D eigenvalue weighted by molar-refractivity contribution is 9.10. The summed E-state index contributed by atoms with van der Waals surface area (Å²) in [5.41, 5.74) is 1.00. The van der Waals surface area contributed by atoms with Gasteiger partial charge in [0.05, 0.1) is 29.5 Å². The third kappa shape index (κ3) is 6.74. The van der Waals surface area contributed by atoms with E-state index >= 15 is 0 Å². The van der Waals surface area contributed by atoms with Gasteiger partial charge in [-0.25, -0.2) is 8.42 Å². The molecule has 1 N–H and O–H groups in total. The average molecular weight is 463 g/mol. The average Bonchev–Trinajstić information content (AvgIpc) is 2.59. The van der Waals surface area contributed by atoms with Gasteiger partial charge < -0.3 is 14.8 Å². The van der Waals surface area contributed by atoms with Crippen LogP contribution in [0.5, 0.6) is 5.75 Å². The van der Waals surface area contributed by atoms with E-state index in [1.54, 1.807) is 7.11 Å². The zero-order chi connectivity index (χ0) is 20.0. The standard InChI is InChI=1S/C18H27BrN2O5S/c1-13-11-21(12-14(2)26-13)27(23,24)9-8-20-18(22)7-5-15-4-6-17(25-3)16(19)10-15/h4,6,10,13-14H,5,7-9,11-12H2,1-3H3,(H,20,22). The number of halogens is 1. The van der Waals surface area contributed by atoms with E-state index in [4.69, 9.17) is 9.47 Å². The number of ether oxygens (including phenoxy) is 2. The van der Waals surface area contributed by atoms with Gasteiger partial charge in [0.25, 0.3) is 0 Å². The van der Waals surface area contributed by atoms with Gasteiger partial charge in [-0.1, -0.05) is 6.07 Å². The van der Waals surface area contributed by atoms with Crippen LogP contribution in [0.2, 0.25) is 0 Å². The molecule has 1 aliphatic rings. The lowest BCUT2D eigenvalue weighted by atomic mass is 10.1. The lowest BCUT2D eigenvalue weighted by Gasteiger charge is -2.34. The van der Waals surface area contributed by atoms with Crippen LogP contribution in [0.15, 0.2) is 22.7 Å². The Morgan fingerprint density at radius 2 is 2.00 bits per heavy atom. The summed E-state index contributed by atoms with van der Waals surface area (Å²) >= 11 is 3.42. The summed E-state index contributed by atoms with van der Waals surface area (Å²) in [6.45, 7) is 4.53. The highest BCUT2D eigenvalue weighted by Crippen LogP contribution is 2.25. The van der Waals surface area contributed by atoms with E-state index in [1.165, 1.54) is 4.31 Å². The molecule has 1 heterocycles. The second-order valence-electron chi connectivity index (χ2n) is 6.71. The topological polar surface area (TPSA) is 84.9 Å². The first-order valence-electron chi connectivity index (χ1n) is 8.93. The highest BCUT2D eigenvalue weighted by Gasteiger charge is 2.30. The molecule has 1 aromatic carbocycles. The van der Waals surface area contributed by atoms with Gasteiger partial charge in [-0.2, -0.15) is 4.31 Å². The largest absolute Gasteiger partial charge is 0.496 e. The molecule has 7 nitrogen and oxygen atoms in total. The van der Waals surface area contributed by atoms with Crippen molar-refractivity contribution in [3.05, 3.63) is 28.2 Å². The molecule has 0 bridgehead atoms. The van der Waals surface area contributed by atoms with Crippen LogP contribution in [0, 0.1) is 0 Å². The minimum atomic E-state index is -3.41. The Morgan fingerprint density at radius 1 is 1.33 bits per heavy atom. The van der Waals surface area contributed by atoms with Crippen LogP contribution in [0.4, 0.5) is 0 Å². The maximum Gasteiger partial charge on any atom is 0.220 e. The molecule has 2 unspecified atom stereocenters. The molecule has 2 rings (SSSR count). The second-order valence-corrected chi connectivity index (χ2v) is 9.65. The maximum atomic E-state index is 12.4. The van der Waals surface area contributed by atoms with Gasteiger partial charge in [0, 0.05) is 26.1 Å². The summed E-state index contributed by atoms with van der Waals surface area (Å²) in [5, 5.41) is 2.70. The number of morpholine rings is 1. The summed E-state index contributed by atoms with van der Waals surface area (Å²) in [6.07, 6.45) is 0.619. The fraction of sp³-hybridized carbons (Fsp3) is 0.611. The van der Waals surface area contributed by atoms with Crippen LogP contribution >= 0.6 is 15.9 Å². The van der Waals surface area contributed by atoms with Gasteiger partial charge in [-0.05, 0) is 53.9 Å². The monoisotopic (exact) mass is 462 g/mol. The molecule has 0 spiro atoms. The van der Waals surface area contributed by atoms with Crippen molar-refractivity contribution in [2.75, 3.05) is 32.5 Å². The van der Waals surface area contributed by atoms with E-state index in [9.17, 15) is 13.2 Å². The van der Waals surface area contributed by atoms with Crippen LogP contribution < -0.4 is 10.1 Å². The van der Waals surface area contributed by atoms with Crippen molar-refractivity contribution >= 4 is 31.9 Å². The molecular formula is C18H27BrN2O5S. The van der Waals surface area contributed by atoms with E-state index in [2.05, 4.69) is 21.2 Å². The van der Waals surface area contributed by atoms with Crippen molar-refractivity contribution in [3.63, 3.8) is 0 Å². The van der Waals surface area contributed by atoms with Crippen molar-refractivity contribution < 1.29 is 22.7 Å². The van der Waals surface area contributed by atoms with E-state index in [1.807, 2.05) is 32.0 Å². The van der Waals surface area contributed by atoms with Gasteiger partial charge in [-0.15, -0.1) is 0 Å². The van der Waals surface area contributed by atoms with Crippen LogP contribution in [0.1, 0.15) is 25.8 Å². The predicted molar refractivity (Wildman–Crippen MR) is 107 cm³/mol. The molecule has 0 aromatic heterocycles. The number of nitrogens with one attached hydrogen (secondary N) is 1. The minimum absolute atomic E-state index is 0.105. The number of carbonyl (C=O) groups excluding carboxylic acids is 1. The number of nitrogens with zero attached hydrogens (tertiary/aromatic N) is 1. The summed E-state index contributed by atoms with van der Waals surface area (Å²) in [5.74, 6) is 0.465. The lowest BCUT2D eigenvalue weighted by molar-refractivity contribution is -0.120. The molecule has 27 heavy (non-hydrogen) atoms. The fourth-order valence-electron chi connectivity index (χ4n) is 3.02. The van der Waals surface area contributed by atoms with Gasteiger partial charge in [0.15, 0.2) is 0 Å². The summed E-state index contributed by atoms with van der Waals surface area (Å²) in [7, 11) is -1.81. The SMILES string of the molecule is COc1ccc(CCC(=O)NCCS(=O)(=O)N2CC(C)OC(C)C2)cc1Br. The first kappa shape index (κ1) is 22.1. The fourth-order valence-corrected chi connectivity index (χ4v) is 5.10. The van der Waals surface area contributed by atoms with Crippen molar-refractivity contribution in [2.24, 2.45) is 0 Å². The van der Waals surface area contributed by atoms with E-state index in [0.29, 0.717) is 25.9 Å². The molecule has 1 saturated heterocycles. The number of amides is 1. The van der Waals surface area contributed by atoms with Gasteiger partial charge in [-0.3, -0.25) is 4.79 Å². The van der Waals surface area contributed by atoms with Crippen molar-refractivity contribution in [2.45, 2.75) is 38.9 Å². The maximum absolute atomic E-state index is 12.4. The Hall–Kier alpha value is -1.16. The molecule has 1 amide bonds. The van der Waals surface area contributed by atoms with Crippen LogP contribution in [-0.4, -0.2) is 63.3 Å². The number of rotatable bonds is 8. The molecular weight excluding hydrogens is 436 g/mol. The third-order valence-corrected chi connectivity index (χ3v) is 6.74. The molecule has 0 radical (unpaired) electrons. The van der Waals surface area contributed by atoms with Crippen LogP contribution in [0.25, 0.3) is 0 Å². The minimum Gasteiger partial charge on any atom is -0.496 e. The number of methoxy groups -OCH3 is 1. The van der Waals surface area contributed by atoms with Crippen molar-refractivity contribution in [1.82, 2.24) is 9.62 Å². The smallest absolute Gasteiger partial charge is 0.220 e. The predicted octanol–water partition coefficient (Wildman–Crippen LogP) is 1.95. The number of benzene rings is 1. The number of sulfonamides is 1.